The zero-order valence-corrected chi connectivity index (χ0v) is 5.96. The van der Waals surface area contributed by atoms with Crippen molar-refractivity contribution >= 4 is 21.7 Å². The van der Waals surface area contributed by atoms with Gasteiger partial charge >= 0.3 is 0 Å². The van der Waals surface area contributed by atoms with Gasteiger partial charge < -0.3 is 4.85 Å². The van der Waals surface area contributed by atoms with Crippen LogP contribution in [0.2, 0.25) is 0 Å². The summed E-state index contributed by atoms with van der Waals surface area (Å²) in [7, 11) is 0. The lowest BCUT2D eigenvalue weighted by Gasteiger charge is -1.83. The van der Waals surface area contributed by atoms with Crippen molar-refractivity contribution < 1.29 is 0 Å². The average molecular weight is 184 g/mol. The molecule has 1 heterocycles. The van der Waals surface area contributed by atoms with Crippen molar-refractivity contribution in [1.29, 1.82) is 0 Å². The number of hydrogen-bond donors (Lipinski definition) is 0. The summed E-state index contributed by atoms with van der Waals surface area (Å²) in [6.45, 7) is 6.55. The molecule has 0 fully saturated rings. The molecule has 3 nitrogen and oxygen atoms in total. The maximum Gasteiger partial charge on any atom is 0.289 e. The molecule has 9 heavy (non-hydrogen) atoms. The van der Waals surface area contributed by atoms with Crippen molar-refractivity contribution in [2.75, 3.05) is 0 Å². The fraction of sp³-hybridized carbons (Fsp3) is 0. The molecule has 0 atom stereocenters. The Kier molecular flexibility index (Phi) is 1.75. The Bertz CT molecular complexity index is 253. The van der Waals surface area contributed by atoms with Gasteiger partial charge in [-0.2, -0.15) is 0 Å². The highest BCUT2D eigenvalue weighted by atomic mass is 79.9. The van der Waals surface area contributed by atoms with E-state index in [0.29, 0.717) is 10.6 Å². The Balaban J connectivity index is 3.12. The van der Waals surface area contributed by atoms with Crippen LogP contribution in [-0.2, 0) is 0 Å². The van der Waals surface area contributed by atoms with E-state index in [-0.39, 0.29) is 0 Å². The van der Waals surface area contributed by atoms with Gasteiger partial charge in [-0.05, 0) is 6.07 Å². The van der Waals surface area contributed by atoms with Crippen LogP contribution in [-0.4, -0.2) is 9.97 Å². The second-order valence-corrected chi connectivity index (χ2v) is 2.00. The topological polar surface area (TPSA) is 30.1 Å². The maximum absolute atomic E-state index is 6.55. The Morgan fingerprint density at radius 1 is 1.67 bits per heavy atom. The van der Waals surface area contributed by atoms with Crippen LogP contribution in [0.15, 0.2) is 17.0 Å². The normalized spacial score (nSPS) is 8.44. The van der Waals surface area contributed by atoms with Crippen LogP contribution >= 0.6 is 15.9 Å². The predicted octanol–water partition coefficient (Wildman–Crippen LogP) is 1.79. The summed E-state index contributed by atoms with van der Waals surface area (Å²) in [5.41, 5.74) is 0. The van der Waals surface area contributed by atoms with Gasteiger partial charge in [0.25, 0.3) is 10.6 Å². The van der Waals surface area contributed by atoms with E-state index in [1.807, 2.05) is 0 Å². The minimum Gasteiger partial charge on any atom is -0.361 e. The van der Waals surface area contributed by atoms with Crippen LogP contribution < -0.4 is 0 Å². The van der Waals surface area contributed by atoms with E-state index in [9.17, 15) is 0 Å². The summed E-state index contributed by atoms with van der Waals surface area (Å²) >= 11 is 3.04. The highest BCUT2D eigenvalue weighted by Gasteiger charge is 1.94. The molecule has 1 rings (SSSR count). The van der Waals surface area contributed by atoms with Crippen molar-refractivity contribution in [1.82, 2.24) is 9.97 Å². The van der Waals surface area contributed by atoms with Gasteiger partial charge in [0, 0.05) is 22.1 Å². The SMILES string of the molecule is [C-]#[N+]c1ccnc(Br)n1. The third-order valence-corrected chi connectivity index (χ3v) is 1.11. The molecule has 0 saturated carbocycles. The number of rotatable bonds is 0. The average Bonchev–Trinajstić information content (AvgIpc) is 1.88. The van der Waals surface area contributed by atoms with E-state index >= 15 is 0 Å². The van der Waals surface area contributed by atoms with Crippen molar-refractivity contribution in [2.24, 2.45) is 0 Å². The number of hydrogen-bond acceptors (Lipinski definition) is 2. The van der Waals surface area contributed by atoms with Crippen LogP contribution in [0.3, 0.4) is 0 Å². The van der Waals surface area contributed by atoms with E-state index in [2.05, 4.69) is 30.7 Å². The van der Waals surface area contributed by atoms with E-state index < -0.39 is 0 Å². The van der Waals surface area contributed by atoms with Gasteiger partial charge in [0.1, 0.15) is 0 Å². The number of nitrogens with zero attached hydrogens (tertiary/aromatic N) is 3. The highest BCUT2D eigenvalue weighted by Crippen LogP contribution is 2.08. The zero-order valence-electron chi connectivity index (χ0n) is 4.37. The molecule has 1 aromatic heterocycles. The zero-order chi connectivity index (χ0) is 6.69. The third kappa shape index (κ3) is 1.47. The molecule has 0 unspecified atom stereocenters. The summed E-state index contributed by atoms with van der Waals surface area (Å²) in [6.07, 6.45) is 1.53. The molecule has 0 amide bonds. The minimum atomic E-state index is 0.358. The van der Waals surface area contributed by atoms with E-state index in [1.54, 1.807) is 6.07 Å². The first kappa shape index (κ1) is 6.17. The molecule has 0 radical (unpaired) electrons. The van der Waals surface area contributed by atoms with Gasteiger partial charge in [0.2, 0.25) is 0 Å². The molecular formula is C5H2BrN3. The molecule has 4 heteroatoms. The highest BCUT2D eigenvalue weighted by molar-refractivity contribution is 9.10. The lowest BCUT2D eigenvalue weighted by molar-refractivity contribution is 1.13. The standard InChI is InChI=1S/C5H2BrN3/c1-7-4-2-3-8-5(6)9-4/h2-3H. The Hall–Kier alpha value is -0.950. The second kappa shape index (κ2) is 2.55. The summed E-state index contributed by atoms with van der Waals surface area (Å²) in [4.78, 5) is 10.6. The van der Waals surface area contributed by atoms with E-state index in [1.165, 1.54) is 6.20 Å². The fourth-order valence-electron chi connectivity index (χ4n) is 0.388. The van der Waals surface area contributed by atoms with Gasteiger partial charge in [-0.15, -0.1) is 0 Å². The van der Waals surface area contributed by atoms with Gasteiger partial charge in [-0.1, -0.05) is 11.6 Å². The Morgan fingerprint density at radius 2 is 2.44 bits per heavy atom. The largest absolute Gasteiger partial charge is 0.361 e. The minimum absolute atomic E-state index is 0.358. The van der Waals surface area contributed by atoms with Crippen LogP contribution in [0, 0.1) is 6.57 Å². The summed E-state index contributed by atoms with van der Waals surface area (Å²) in [5, 5.41) is 0. The first-order chi connectivity index (χ1) is 4.33. The molecule has 0 saturated heterocycles. The van der Waals surface area contributed by atoms with Crippen LogP contribution in [0.1, 0.15) is 0 Å². The lowest BCUT2D eigenvalue weighted by atomic mass is 10.6. The van der Waals surface area contributed by atoms with Gasteiger partial charge in [-0.25, -0.2) is 4.98 Å². The lowest BCUT2D eigenvalue weighted by Crippen LogP contribution is -1.77. The Morgan fingerprint density at radius 3 is 2.89 bits per heavy atom. The van der Waals surface area contributed by atoms with E-state index in [0.717, 1.165) is 0 Å². The van der Waals surface area contributed by atoms with Crippen LogP contribution in [0.4, 0.5) is 5.82 Å². The summed E-state index contributed by atoms with van der Waals surface area (Å²) in [5.74, 6) is 0.358. The van der Waals surface area contributed by atoms with Crippen LogP contribution in [0.25, 0.3) is 4.85 Å². The molecule has 1 aromatic rings. The van der Waals surface area contributed by atoms with Crippen molar-refractivity contribution in [3.05, 3.63) is 28.4 Å². The first-order valence-electron chi connectivity index (χ1n) is 2.19. The number of halogens is 1. The quantitative estimate of drug-likeness (QED) is 0.454. The summed E-state index contributed by atoms with van der Waals surface area (Å²) < 4.78 is 0.455. The van der Waals surface area contributed by atoms with Gasteiger partial charge in [-0.3, -0.25) is 0 Å². The molecule has 0 spiro atoms. The number of aromatic nitrogens is 2. The van der Waals surface area contributed by atoms with Gasteiger partial charge in [0.15, 0.2) is 0 Å². The summed E-state index contributed by atoms with van der Waals surface area (Å²) in [6, 6.07) is 1.55. The molecule has 0 aliphatic rings. The molecule has 0 N–H and O–H groups in total. The molecular weight excluding hydrogens is 182 g/mol. The van der Waals surface area contributed by atoms with Crippen molar-refractivity contribution in [3.63, 3.8) is 0 Å². The molecule has 0 aliphatic carbocycles. The fourth-order valence-corrected chi connectivity index (χ4v) is 0.688. The van der Waals surface area contributed by atoms with Crippen molar-refractivity contribution in [3.8, 4) is 0 Å². The molecule has 0 aliphatic heterocycles. The first-order valence-corrected chi connectivity index (χ1v) is 2.98. The molecule has 44 valence electrons. The van der Waals surface area contributed by atoms with Gasteiger partial charge in [0.05, 0.1) is 0 Å². The maximum atomic E-state index is 6.55. The predicted molar refractivity (Wildman–Crippen MR) is 36.0 cm³/mol. The smallest absolute Gasteiger partial charge is 0.289 e. The monoisotopic (exact) mass is 183 g/mol. The molecule has 0 aromatic carbocycles. The second-order valence-electron chi connectivity index (χ2n) is 1.30. The third-order valence-electron chi connectivity index (χ3n) is 0.726. The van der Waals surface area contributed by atoms with E-state index in [4.69, 9.17) is 6.57 Å². The Labute approximate surface area is 60.7 Å². The van der Waals surface area contributed by atoms with Crippen molar-refractivity contribution in [2.45, 2.75) is 0 Å². The molecule has 0 bridgehead atoms. The van der Waals surface area contributed by atoms with Crippen LogP contribution in [0.5, 0.6) is 0 Å².